The van der Waals surface area contributed by atoms with Crippen LogP contribution < -0.4 is 19.1 Å². The van der Waals surface area contributed by atoms with Gasteiger partial charge >= 0.3 is 0 Å². The number of hydrogen-bond acceptors (Lipinski definition) is 8. The summed E-state index contributed by atoms with van der Waals surface area (Å²) in [6.07, 6.45) is 0.919. The van der Waals surface area contributed by atoms with Gasteiger partial charge < -0.3 is 28.8 Å². The van der Waals surface area contributed by atoms with Crippen molar-refractivity contribution in [3.8, 4) is 17.2 Å². The Morgan fingerprint density at radius 2 is 1.73 bits per heavy atom. The molecule has 0 aromatic heterocycles. The highest BCUT2D eigenvalue weighted by molar-refractivity contribution is 6.06. The molecule has 2 aromatic carbocycles. The molecule has 222 valence electrons. The second-order valence-corrected chi connectivity index (χ2v) is 11.3. The smallest absolute Gasteiger partial charge is 0.197 e. The molecular weight excluding hydrogens is 527 g/mol. The molecular formula is C31H41FN4O5. The molecule has 0 radical (unpaired) electrons. The van der Waals surface area contributed by atoms with Crippen LogP contribution in [0.15, 0.2) is 18.2 Å². The highest BCUT2D eigenvalue weighted by Crippen LogP contribution is 2.42. The quantitative estimate of drug-likeness (QED) is 0.317. The molecule has 0 amide bonds. The number of anilines is 1. The van der Waals surface area contributed by atoms with Crippen LogP contribution >= 0.6 is 0 Å². The monoisotopic (exact) mass is 568 g/mol. The van der Waals surface area contributed by atoms with Crippen LogP contribution in [-0.4, -0.2) is 87.3 Å². The summed E-state index contributed by atoms with van der Waals surface area (Å²) in [5.74, 6) is 0.165. The first kappa shape index (κ1) is 30.3. The maximum atomic E-state index is 15.5. The van der Waals surface area contributed by atoms with E-state index in [1.165, 1.54) is 0 Å². The molecule has 41 heavy (non-hydrogen) atoms. The highest BCUT2D eigenvalue weighted by Gasteiger charge is 2.34. The summed E-state index contributed by atoms with van der Waals surface area (Å²) in [4.78, 5) is 30.6. The molecule has 0 spiro atoms. The van der Waals surface area contributed by atoms with E-state index < -0.39 is 5.82 Å². The molecule has 9 nitrogen and oxygen atoms in total. The third kappa shape index (κ3) is 6.17. The maximum Gasteiger partial charge on any atom is 0.197 e. The van der Waals surface area contributed by atoms with Crippen molar-refractivity contribution in [2.75, 3.05) is 64.5 Å². The lowest BCUT2D eigenvalue weighted by molar-refractivity contribution is -0.108. The Morgan fingerprint density at radius 1 is 1.05 bits per heavy atom. The van der Waals surface area contributed by atoms with Gasteiger partial charge in [0.25, 0.3) is 0 Å². The Hall–Kier alpha value is -3.66. The van der Waals surface area contributed by atoms with Gasteiger partial charge in [-0.2, -0.15) is 0 Å². The Kier molecular flexibility index (Phi) is 9.21. The molecule has 2 aromatic rings. The molecule has 2 aliphatic heterocycles. The lowest BCUT2D eigenvalue weighted by atomic mass is 9.84. The molecule has 4 rings (SSSR count). The Balaban J connectivity index is 1.64. The van der Waals surface area contributed by atoms with Gasteiger partial charge in [-0.1, -0.05) is 20.8 Å². The normalized spacial score (nSPS) is 15.6. The molecule has 0 bridgehead atoms. The fourth-order valence-corrected chi connectivity index (χ4v) is 5.48. The van der Waals surface area contributed by atoms with Gasteiger partial charge in [-0.05, 0) is 43.0 Å². The van der Waals surface area contributed by atoms with Gasteiger partial charge in [0.1, 0.15) is 17.9 Å². The fourth-order valence-electron chi connectivity index (χ4n) is 5.48. The molecule has 1 saturated heterocycles. The topological polar surface area (TPSA) is 95.4 Å². The minimum atomic E-state index is -0.636. The van der Waals surface area contributed by atoms with Crippen LogP contribution in [0.25, 0.3) is 0 Å². The van der Waals surface area contributed by atoms with Crippen molar-refractivity contribution < 1.29 is 28.2 Å². The second kappa shape index (κ2) is 12.5. The Morgan fingerprint density at radius 3 is 2.32 bits per heavy atom. The van der Waals surface area contributed by atoms with Gasteiger partial charge in [-0.25, -0.2) is 4.39 Å². The number of aldehydes is 1. The second-order valence-electron chi connectivity index (χ2n) is 11.3. The summed E-state index contributed by atoms with van der Waals surface area (Å²) < 4.78 is 32.6. The number of ketones is 1. The predicted octanol–water partition coefficient (Wildman–Crippen LogP) is 4.27. The van der Waals surface area contributed by atoms with Crippen LogP contribution in [-0.2, 0) is 16.8 Å². The number of hydrogen-bond donors (Lipinski definition) is 1. The van der Waals surface area contributed by atoms with Gasteiger partial charge in [0.15, 0.2) is 23.1 Å². The zero-order valence-electron chi connectivity index (χ0n) is 24.9. The van der Waals surface area contributed by atoms with E-state index in [4.69, 9.17) is 19.6 Å². The van der Waals surface area contributed by atoms with Crippen molar-refractivity contribution in [1.29, 1.82) is 5.41 Å². The first-order chi connectivity index (χ1) is 19.5. The van der Waals surface area contributed by atoms with Gasteiger partial charge in [0.2, 0.25) is 0 Å². The summed E-state index contributed by atoms with van der Waals surface area (Å²) in [5, 5.41) is 8.73. The van der Waals surface area contributed by atoms with Crippen LogP contribution in [0.3, 0.4) is 0 Å². The number of carbonyl (C=O) groups excluding carboxylic acids is 2. The van der Waals surface area contributed by atoms with Crippen molar-refractivity contribution in [3.05, 3.63) is 46.3 Å². The molecule has 2 heterocycles. The average molecular weight is 569 g/mol. The number of fused-ring (bicyclic) bond motifs is 1. The van der Waals surface area contributed by atoms with Crippen LogP contribution in [0, 0.1) is 11.2 Å². The summed E-state index contributed by atoms with van der Waals surface area (Å²) >= 11 is 0. The zero-order chi connectivity index (χ0) is 29.9. The minimum Gasteiger partial charge on any atom is -0.494 e. The van der Waals surface area contributed by atoms with Gasteiger partial charge in [0.05, 0.1) is 44.7 Å². The minimum absolute atomic E-state index is 0.00567. The van der Waals surface area contributed by atoms with E-state index in [1.807, 2.05) is 19.1 Å². The Labute approximate surface area is 241 Å². The van der Waals surface area contributed by atoms with E-state index in [9.17, 15) is 9.59 Å². The SMILES string of the molecule is CCOc1cc2c(c(F)c1OCC)C(=N)N(CC(=O)c1cc(N3CCN(CC=O)CC3)c(OC)c(C(C)(C)C)c1)C2. The molecule has 0 aliphatic carbocycles. The largest absolute Gasteiger partial charge is 0.494 e. The van der Waals surface area contributed by atoms with E-state index in [0.29, 0.717) is 43.1 Å². The van der Waals surface area contributed by atoms with E-state index in [0.717, 1.165) is 36.4 Å². The number of ether oxygens (including phenoxy) is 3. The molecule has 1 fully saturated rings. The van der Waals surface area contributed by atoms with Crippen molar-refractivity contribution in [3.63, 3.8) is 0 Å². The number of halogens is 1. The number of nitrogens with zero attached hydrogens (tertiary/aromatic N) is 3. The van der Waals surface area contributed by atoms with E-state index in [2.05, 4.69) is 30.6 Å². The van der Waals surface area contributed by atoms with Gasteiger partial charge in [-0.3, -0.25) is 15.1 Å². The summed E-state index contributed by atoms with van der Waals surface area (Å²) in [7, 11) is 1.64. The number of rotatable bonds is 11. The number of carbonyl (C=O) groups is 2. The maximum absolute atomic E-state index is 15.5. The average Bonchev–Trinajstić information content (AvgIpc) is 3.24. The van der Waals surface area contributed by atoms with Crippen molar-refractivity contribution in [1.82, 2.24) is 9.80 Å². The first-order valence-corrected chi connectivity index (χ1v) is 14.1. The molecule has 10 heteroatoms. The lowest BCUT2D eigenvalue weighted by Gasteiger charge is -2.37. The van der Waals surface area contributed by atoms with Crippen LogP contribution in [0.2, 0.25) is 0 Å². The van der Waals surface area contributed by atoms with E-state index >= 15 is 4.39 Å². The van der Waals surface area contributed by atoms with Crippen molar-refractivity contribution in [2.45, 2.75) is 46.6 Å². The number of amidine groups is 1. The molecule has 0 atom stereocenters. The summed E-state index contributed by atoms with van der Waals surface area (Å²) in [6, 6.07) is 5.44. The predicted molar refractivity (Wildman–Crippen MR) is 157 cm³/mol. The van der Waals surface area contributed by atoms with Crippen LogP contribution in [0.5, 0.6) is 17.2 Å². The number of methoxy groups -OCH3 is 1. The van der Waals surface area contributed by atoms with Gasteiger partial charge in [0, 0.05) is 43.9 Å². The summed E-state index contributed by atoms with van der Waals surface area (Å²) in [6.45, 7) is 13.8. The number of benzene rings is 2. The number of piperazine rings is 1. The fraction of sp³-hybridized carbons (Fsp3) is 0.516. The van der Waals surface area contributed by atoms with E-state index in [1.54, 1.807) is 25.0 Å². The molecule has 1 N–H and O–H groups in total. The standard InChI is InChI=1S/C31H41FN4O5/c1-7-40-25-17-21-18-36(30(33)26(21)27(32)29(25)41-8-2)19-24(38)20-15-22(31(3,4)5)28(39-6)23(16-20)35-11-9-34(10-12-35)13-14-37/h14-17,33H,7-13,18-19H2,1-6H3. The molecule has 0 unspecified atom stereocenters. The highest BCUT2D eigenvalue weighted by atomic mass is 19.1. The third-order valence-electron chi connectivity index (χ3n) is 7.56. The Bertz CT molecular complexity index is 1310. The zero-order valence-corrected chi connectivity index (χ0v) is 24.9. The summed E-state index contributed by atoms with van der Waals surface area (Å²) in [5.41, 5.74) is 2.68. The van der Waals surface area contributed by atoms with Gasteiger partial charge in [-0.15, -0.1) is 0 Å². The van der Waals surface area contributed by atoms with Crippen molar-refractivity contribution >= 4 is 23.6 Å². The molecule has 0 saturated carbocycles. The van der Waals surface area contributed by atoms with E-state index in [-0.39, 0.29) is 48.0 Å². The van der Waals surface area contributed by atoms with Crippen molar-refractivity contribution in [2.24, 2.45) is 0 Å². The van der Waals surface area contributed by atoms with Crippen LogP contribution in [0.1, 0.15) is 61.7 Å². The number of nitrogens with one attached hydrogen (secondary N) is 1. The first-order valence-electron chi connectivity index (χ1n) is 14.1. The van der Waals surface area contributed by atoms with Crippen LogP contribution in [0.4, 0.5) is 10.1 Å². The third-order valence-corrected chi connectivity index (χ3v) is 7.56. The lowest BCUT2D eigenvalue weighted by Crippen LogP contribution is -2.47. The number of Topliss-reactive ketones (excluding diaryl/α,β-unsaturated/α-hetero) is 1. The molecule has 2 aliphatic rings.